The molecule has 0 fully saturated rings. The van der Waals surface area contributed by atoms with Crippen molar-refractivity contribution in [2.24, 2.45) is 12.8 Å². The van der Waals surface area contributed by atoms with Crippen LogP contribution in [0.2, 0.25) is 0 Å². The van der Waals surface area contributed by atoms with Gasteiger partial charge in [-0.1, -0.05) is 29.5 Å². The summed E-state index contributed by atoms with van der Waals surface area (Å²) in [5, 5.41) is 4.83. The van der Waals surface area contributed by atoms with Crippen molar-refractivity contribution in [3.63, 3.8) is 0 Å². The van der Waals surface area contributed by atoms with Crippen LogP contribution in [0.5, 0.6) is 10.8 Å². The Bertz CT molecular complexity index is 821. The van der Waals surface area contributed by atoms with Crippen LogP contribution >= 0.6 is 11.3 Å². The molecule has 0 aliphatic heterocycles. The molecule has 2 aromatic heterocycles. The molecule has 0 atom stereocenters. The van der Waals surface area contributed by atoms with Crippen molar-refractivity contribution in [2.75, 3.05) is 0 Å². The van der Waals surface area contributed by atoms with E-state index in [0.717, 1.165) is 16.8 Å². The molecule has 0 bridgehead atoms. The van der Waals surface area contributed by atoms with Gasteiger partial charge in [0.2, 0.25) is 0 Å². The zero-order valence-electron chi connectivity index (χ0n) is 12.2. The number of nitrogens with two attached hydrogens (primary N) is 1. The van der Waals surface area contributed by atoms with Crippen molar-refractivity contribution < 1.29 is 9.53 Å². The molecule has 2 heterocycles. The Morgan fingerprint density at radius 3 is 2.59 bits per heavy atom. The van der Waals surface area contributed by atoms with Crippen molar-refractivity contribution >= 4 is 17.2 Å². The number of para-hydroxylation sites is 1. The summed E-state index contributed by atoms with van der Waals surface area (Å²) in [6.45, 7) is 1.87. The molecule has 0 aliphatic carbocycles. The molecule has 1 aromatic carbocycles. The van der Waals surface area contributed by atoms with Crippen LogP contribution in [0.4, 0.5) is 0 Å². The number of rotatable bonds is 4. The highest BCUT2D eigenvalue weighted by molar-refractivity contribution is 7.16. The number of carbonyl (C=O) groups excluding carboxylic acids is 1. The van der Waals surface area contributed by atoms with Gasteiger partial charge in [0, 0.05) is 13.2 Å². The van der Waals surface area contributed by atoms with Crippen LogP contribution in [0.15, 0.2) is 42.6 Å². The first-order valence-electron chi connectivity index (χ1n) is 6.72. The number of amides is 1. The molecule has 0 radical (unpaired) electrons. The van der Waals surface area contributed by atoms with Crippen LogP contribution in [0, 0.1) is 6.92 Å². The predicted octanol–water partition coefficient (Wildman–Crippen LogP) is 3.35. The molecule has 0 aliphatic rings. The van der Waals surface area contributed by atoms with Gasteiger partial charge in [0.15, 0.2) is 5.06 Å². The van der Waals surface area contributed by atoms with Crippen LogP contribution in [0.1, 0.15) is 15.2 Å². The van der Waals surface area contributed by atoms with Gasteiger partial charge in [0.1, 0.15) is 5.75 Å². The largest absolute Gasteiger partial charge is 0.446 e. The van der Waals surface area contributed by atoms with E-state index < -0.39 is 5.91 Å². The van der Waals surface area contributed by atoms with E-state index in [9.17, 15) is 4.79 Å². The molecule has 112 valence electrons. The quantitative estimate of drug-likeness (QED) is 0.803. The van der Waals surface area contributed by atoms with Crippen LogP contribution in [0.3, 0.4) is 0 Å². The van der Waals surface area contributed by atoms with Gasteiger partial charge in [-0.3, -0.25) is 9.48 Å². The molecule has 6 heteroatoms. The first-order chi connectivity index (χ1) is 10.6. The van der Waals surface area contributed by atoms with Gasteiger partial charge < -0.3 is 10.5 Å². The second-order valence-electron chi connectivity index (χ2n) is 4.84. The van der Waals surface area contributed by atoms with E-state index in [-0.39, 0.29) is 0 Å². The lowest BCUT2D eigenvalue weighted by molar-refractivity contribution is 0.100. The Hall–Kier alpha value is -2.60. The van der Waals surface area contributed by atoms with Gasteiger partial charge in [-0.25, -0.2) is 0 Å². The molecule has 22 heavy (non-hydrogen) atoms. The van der Waals surface area contributed by atoms with Gasteiger partial charge >= 0.3 is 0 Å². The monoisotopic (exact) mass is 313 g/mol. The summed E-state index contributed by atoms with van der Waals surface area (Å²) in [6, 6.07) is 11.3. The summed E-state index contributed by atoms with van der Waals surface area (Å²) in [6.07, 6.45) is 1.71. The first kappa shape index (κ1) is 14.3. The second kappa shape index (κ2) is 5.65. The summed E-state index contributed by atoms with van der Waals surface area (Å²) in [7, 11) is 1.85. The number of hydrogen-bond donors (Lipinski definition) is 1. The minimum Gasteiger partial charge on any atom is -0.446 e. The van der Waals surface area contributed by atoms with E-state index in [1.807, 2.05) is 50.4 Å². The smallest absolute Gasteiger partial charge is 0.259 e. The average molecular weight is 313 g/mol. The molecule has 0 unspecified atom stereocenters. The molecule has 0 spiro atoms. The van der Waals surface area contributed by atoms with Gasteiger partial charge in [0.05, 0.1) is 16.1 Å². The van der Waals surface area contributed by atoms with Crippen molar-refractivity contribution in [3.8, 4) is 22.1 Å². The number of thiophene rings is 1. The van der Waals surface area contributed by atoms with E-state index in [1.54, 1.807) is 10.9 Å². The minimum absolute atomic E-state index is 0.450. The average Bonchev–Trinajstić information content (AvgIpc) is 3.04. The molecular formula is C16H15N3O2S. The van der Waals surface area contributed by atoms with Gasteiger partial charge in [-0.15, -0.1) is 0 Å². The highest BCUT2D eigenvalue weighted by Gasteiger charge is 2.23. The number of benzene rings is 1. The Kier molecular flexibility index (Phi) is 3.68. The van der Waals surface area contributed by atoms with Crippen LogP contribution in [0.25, 0.3) is 11.3 Å². The number of primary amides is 1. The number of ether oxygens (including phenoxy) is 1. The standard InChI is InChI=1S/C16H15N3O2S/c1-10-13(12-8-9-18-19(12)2)16(22-14(10)15(17)20)21-11-6-4-3-5-7-11/h3-9H,1-2H3,(H2,17,20). The normalized spacial score (nSPS) is 10.6. The molecular weight excluding hydrogens is 298 g/mol. The zero-order chi connectivity index (χ0) is 15.7. The lowest BCUT2D eigenvalue weighted by Gasteiger charge is -2.07. The lowest BCUT2D eigenvalue weighted by Crippen LogP contribution is -2.10. The molecule has 5 nitrogen and oxygen atoms in total. The maximum Gasteiger partial charge on any atom is 0.259 e. The molecule has 2 N–H and O–H groups in total. The topological polar surface area (TPSA) is 70.1 Å². The van der Waals surface area contributed by atoms with Gasteiger partial charge in [0.25, 0.3) is 5.91 Å². The summed E-state index contributed by atoms with van der Waals surface area (Å²) in [4.78, 5) is 12.2. The van der Waals surface area contributed by atoms with Crippen molar-refractivity contribution in [1.82, 2.24) is 9.78 Å². The maximum atomic E-state index is 11.6. The van der Waals surface area contributed by atoms with E-state index in [1.165, 1.54) is 11.3 Å². The van der Waals surface area contributed by atoms with Crippen molar-refractivity contribution in [1.29, 1.82) is 0 Å². The van der Waals surface area contributed by atoms with E-state index in [2.05, 4.69) is 5.10 Å². The van der Waals surface area contributed by atoms with Gasteiger partial charge in [-0.2, -0.15) is 5.10 Å². The maximum absolute atomic E-state index is 11.6. The Morgan fingerprint density at radius 1 is 1.27 bits per heavy atom. The highest BCUT2D eigenvalue weighted by atomic mass is 32.1. The third-order valence-electron chi connectivity index (χ3n) is 3.37. The van der Waals surface area contributed by atoms with E-state index >= 15 is 0 Å². The zero-order valence-corrected chi connectivity index (χ0v) is 13.1. The Balaban J connectivity index is 2.14. The van der Waals surface area contributed by atoms with Crippen LogP contribution in [-0.2, 0) is 7.05 Å². The Labute approximate surface area is 132 Å². The number of carbonyl (C=O) groups is 1. The Morgan fingerprint density at radius 2 is 2.00 bits per heavy atom. The minimum atomic E-state index is -0.450. The number of aryl methyl sites for hydroxylation is 1. The summed E-state index contributed by atoms with van der Waals surface area (Å²) >= 11 is 1.26. The SMILES string of the molecule is Cc1c(C(N)=O)sc(Oc2ccccc2)c1-c1ccnn1C. The molecule has 3 aromatic rings. The fourth-order valence-corrected chi connectivity index (χ4v) is 3.34. The molecule has 0 saturated carbocycles. The summed E-state index contributed by atoms with van der Waals surface area (Å²) in [5.74, 6) is 0.261. The third kappa shape index (κ3) is 2.48. The third-order valence-corrected chi connectivity index (χ3v) is 4.55. The second-order valence-corrected chi connectivity index (χ2v) is 5.82. The molecule has 3 rings (SSSR count). The first-order valence-corrected chi connectivity index (χ1v) is 7.54. The number of aromatic nitrogens is 2. The summed E-state index contributed by atoms with van der Waals surface area (Å²) in [5.41, 5.74) is 8.02. The van der Waals surface area contributed by atoms with E-state index in [4.69, 9.17) is 10.5 Å². The summed E-state index contributed by atoms with van der Waals surface area (Å²) < 4.78 is 7.72. The lowest BCUT2D eigenvalue weighted by atomic mass is 10.1. The molecule has 1 amide bonds. The predicted molar refractivity (Wildman–Crippen MR) is 86.3 cm³/mol. The van der Waals surface area contributed by atoms with Gasteiger partial charge in [-0.05, 0) is 30.7 Å². The van der Waals surface area contributed by atoms with Crippen molar-refractivity contribution in [2.45, 2.75) is 6.92 Å². The number of nitrogens with zero attached hydrogens (tertiary/aromatic N) is 2. The fourth-order valence-electron chi connectivity index (χ4n) is 2.31. The highest BCUT2D eigenvalue weighted by Crippen LogP contribution is 2.43. The molecule has 0 saturated heterocycles. The number of hydrogen-bond acceptors (Lipinski definition) is 4. The van der Waals surface area contributed by atoms with Crippen LogP contribution < -0.4 is 10.5 Å². The van der Waals surface area contributed by atoms with E-state index in [0.29, 0.717) is 15.7 Å². The fraction of sp³-hybridized carbons (Fsp3) is 0.125. The van der Waals surface area contributed by atoms with Crippen molar-refractivity contribution in [3.05, 3.63) is 53.0 Å². The van der Waals surface area contributed by atoms with Crippen LogP contribution in [-0.4, -0.2) is 15.7 Å².